The van der Waals surface area contributed by atoms with Crippen LogP contribution in [-0.4, -0.2) is 32.7 Å². The molecule has 0 aliphatic carbocycles. The molecule has 0 amide bonds. The van der Waals surface area contributed by atoms with Crippen LogP contribution in [0.15, 0.2) is 18.5 Å². The van der Waals surface area contributed by atoms with Crippen molar-refractivity contribution in [1.82, 2.24) is 19.5 Å². The minimum absolute atomic E-state index is 0.232. The summed E-state index contributed by atoms with van der Waals surface area (Å²) in [5.74, 6) is 0.324. The summed E-state index contributed by atoms with van der Waals surface area (Å²) >= 11 is 6.66. The van der Waals surface area contributed by atoms with Gasteiger partial charge in [-0.05, 0) is 32.8 Å². The predicted molar refractivity (Wildman–Crippen MR) is 125 cm³/mol. The molecular weight excluding hydrogens is 437 g/mol. The van der Waals surface area contributed by atoms with Gasteiger partial charge in [0.25, 0.3) is 0 Å². The topological polar surface area (TPSA) is 91.2 Å². The molecule has 0 spiro atoms. The molecule has 10 heteroatoms. The van der Waals surface area contributed by atoms with Crippen LogP contribution in [-0.2, 0) is 26.6 Å². The van der Waals surface area contributed by atoms with Gasteiger partial charge in [-0.2, -0.15) is 0 Å². The van der Waals surface area contributed by atoms with Gasteiger partial charge >= 0.3 is 7.60 Å². The summed E-state index contributed by atoms with van der Waals surface area (Å²) < 4.78 is 27.4. The van der Waals surface area contributed by atoms with E-state index in [-0.39, 0.29) is 13.2 Å². The van der Waals surface area contributed by atoms with Gasteiger partial charge in [0.2, 0.25) is 5.95 Å². The second-order valence-electron chi connectivity index (χ2n) is 7.16. The van der Waals surface area contributed by atoms with Gasteiger partial charge in [0, 0.05) is 25.4 Å². The minimum Gasteiger partial charge on any atom is -0.335 e. The van der Waals surface area contributed by atoms with Crippen LogP contribution >= 0.6 is 19.2 Å². The Morgan fingerprint density at radius 3 is 2.29 bits per heavy atom. The van der Waals surface area contributed by atoms with Gasteiger partial charge in [-0.3, -0.25) is 4.57 Å². The van der Waals surface area contributed by atoms with Gasteiger partial charge in [-0.25, -0.2) is 15.0 Å². The fourth-order valence-corrected chi connectivity index (χ4v) is 5.69. The molecule has 0 aromatic carbocycles. The molecule has 0 bridgehead atoms. The third-order valence-corrected chi connectivity index (χ3v) is 7.33. The van der Waals surface area contributed by atoms with E-state index < -0.39 is 13.4 Å². The maximum atomic E-state index is 13.9. The highest BCUT2D eigenvalue weighted by molar-refractivity contribution is 7.54. The van der Waals surface area contributed by atoms with Crippen LogP contribution in [0.5, 0.6) is 0 Å². The van der Waals surface area contributed by atoms with Gasteiger partial charge in [0.15, 0.2) is 10.9 Å². The zero-order valence-corrected chi connectivity index (χ0v) is 20.7. The van der Waals surface area contributed by atoms with Crippen molar-refractivity contribution in [3.05, 3.63) is 35.1 Å². The molecule has 8 nitrogen and oxygen atoms in total. The Bertz CT molecular complexity index is 824. The molecule has 1 atom stereocenters. The van der Waals surface area contributed by atoms with Crippen molar-refractivity contribution in [1.29, 1.82) is 0 Å². The van der Waals surface area contributed by atoms with Crippen LogP contribution in [0.2, 0.25) is 5.15 Å². The summed E-state index contributed by atoms with van der Waals surface area (Å²) in [5.41, 5.74) is 0.599. The van der Waals surface area contributed by atoms with Crippen molar-refractivity contribution in [2.75, 3.05) is 18.5 Å². The first kappa shape index (κ1) is 25.8. The average molecular weight is 472 g/mol. The van der Waals surface area contributed by atoms with Crippen molar-refractivity contribution >= 4 is 25.1 Å². The van der Waals surface area contributed by atoms with Gasteiger partial charge in [0.1, 0.15) is 5.82 Å². The summed E-state index contributed by atoms with van der Waals surface area (Å²) in [6.07, 6.45) is 9.22. The monoisotopic (exact) mass is 471 g/mol. The third-order valence-electron chi connectivity index (χ3n) is 4.81. The Labute approximate surface area is 190 Å². The molecule has 0 aliphatic rings. The second kappa shape index (κ2) is 13.2. The number of hydrogen-bond donors (Lipinski definition) is 1. The number of imidazole rings is 1. The number of hydrogen-bond acceptors (Lipinski definition) is 7. The van der Waals surface area contributed by atoms with E-state index in [1.54, 1.807) is 32.3 Å². The molecule has 2 heterocycles. The van der Waals surface area contributed by atoms with E-state index in [9.17, 15) is 4.57 Å². The first-order valence-corrected chi connectivity index (χ1v) is 13.2. The Morgan fingerprint density at radius 2 is 1.71 bits per heavy atom. The molecule has 0 radical (unpaired) electrons. The van der Waals surface area contributed by atoms with Crippen LogP contribution < -0.4 is 5.32 Å². The van der Waals surface area contributed by atoms with E-state index in [0.717, 1.165) is 50.9 Å². The number of unbranched alkanes of at least 4 members (excludes halogenated alkanes) is 3. The summed E-state index contributed by atoms with van der Waals surface area (Å²) in [7, 11) is -3.66. The van der Waals surface area contributed by atoms with Crippen molar-refractivity contribution < 1.29 is 13.6 Å². The van der Waals surface area contributed by atoms with Crippen molar-refractivity contribution in [3.63, 3.8) is 0 Å². The molecule has 1 N–H and O–H groups in total. The van der Waals surface area contributed by atoms with Crippen LogP contribution in [0.25, 0.3) is 0 Å². The zero-order valence-electron chi connectivity index (χ0n) is 19.0. The molecule has 0 saturated heterocycles. The molecule has 2 rings (SSSR count). The van der Waals surface area contributed by atoms with E-state index in [1.807, 2.05) is 0 Å². The molecule has 2 aromatic heterocycles. The number of nitrogens with zero attached hydrogens (tertiary/aromatic N) is 4. The Balaban J connectivity index is 2.59. The molecule has 31 heavy (non-hydrogen) atoms. The van der Waals surface area contributed by atoms with E-state index in [4.69, 9.17) is 20.6 Å². The molecule has 174 valence electrons. The number of anilines is 1. The average Bonchev–Trinajstić information content (AvgIpc) is 3.06. The van der Waals surface area contributed by atoms with Crippen LogP contribution in [0.1, 0.15) is 77.1 Å². The fraction of sp³-hybridized carbons (Fsp3) is 0.667. The Morgan fingerprint density at radius 1 is 1.06 bits per heavy atom. The lowest BCUT2D eigenvalue weighted by Crippen LogP contribution is -2.21. The lowest BCUT2D eigenvalue weighted by molar-refractivity contribution is 0.213. The maximum Gasteiger partial charge on any atom is 0.358 e. The minimum atomic E-state index is -3.66. The van der Waals surface area contributed by atoms with E-state index in [1.165, 1.54) is 0 Å². The second-order valence-corrected chi connectivity index (χ2v) is 9.63. The normalized spacial score (nSPS) is 12.8. The lowest BCUT2D eigenvalue weighted by atomic mass is 10.2. The van der Waals surface area contributed by atoms with E-state index >= 15 is 0 Å². The number of halogens is 1. The third kappa shape index (κ3) is 7.01. The summed E-state index contributed by atoms with van der Waals surface area (Å²) in [6.45, 7) is 9.07. The Hall–Kier alpha value is -1.47. The largest absolute Gasteiger partial charge is 0.358 e. The van der Waals surface area contributed by atoms with Crippen molar-refractivity contribution in [2.24, 2.45) is 0 Å². The van der Waals surface area contributed by atoms with Crippen LogP contribution in [0.4, 0.5) is 5.95 Å². The number of rotatable bonds is 15. The molecule has 1 unspecified atom stereocenters. The highest BCUT2D eigenvalue weighted by Crippen LogP contribution is 2.61. The van der Waals surface area contributed by atoms with E-state index in [2.05, 4.69) is 38.7 Å². The molecule has 0 saturated carbocycles. The number of nitrogens with one attached hydrogen (secondary N) is 1. The first-order chi connectivity index (χ1) is 15.0. The van der Waals surface area contributed by atoms with Crippen LogP contribution in [0.3, 0.4) is 0 Å². The summed E-state index contributed by atoms with van der Waals surface area (Å²) in [6, 6.07) is 1.72. The van der Waals surface area contributed by atoms with Gasteiger partial charge in [-0.15, -0.1) is 0 Å². The predicted octanol–water partition coefficient (Wildman–Crippen LogP) is 6.24. The standard InChI is InChI=1S/C21H35ClN5O3P/c1-5-9-11-16-27-17(13-10-6-2)25-19(22)18(27)20(26-21-23-14-12-15-24-21)31(28,29-7-3)30-8-4/h12,14-15,20H,5-11,13,16H2,1-4H3,(H,23,24,26). The molecular formula is C21H35ClN5O3P. The summed E-state index contributed by atoms with van der Waals surface area (Å²) in [4.78, 5) is 13.1. The SMILES string of the molecule is CCCCCn1c(CCCC)nc(Cl)c1C(Nc1ncccn1)P(=O)(OCC)OCC. The smallest absolute Gasteiger partial charge is 0.335 e. The number of aromatic nitrogens is 4. The summed E-state index contributed by atoms with van der Waals surface area (Å²) in [5, 5.41) is 3.47. The first-order valence-electron chi connectivity index (χ1n) is 11.2. The molecule has 0 fully saturated rings. The molecule has 0 aliphatic heterocycles. The lowest BCUT2D eigenvalue weighted by Gasteiger charge is -2.28. The fourth-order valence-electron chi connectivity index (χ4n) is 3.38. The van der Waals surface area contributed by atoms with Crippen molar-refractivity contribution in [2.45, 2.75) is 78.5 Å². The van der Waals surface area contributed by atoms with Gasteiger partial charge in [-0.1, -0.05) is 44.7 Å². The Kier molecular flexibility index (Phi) is 10.9. The zero-order chi connectivity index (χ0) is 22.7. The van der Waals surface area contributed by atoms with Crippen molar-refractivity contribution in [3.8, 4) is 0 Å². The quantitative estimate of drug-likeness (QED) is 0.243. The van der Waals surface area contributed by atoms with Crippen LogP contribution in [0, 0.1) is 0 Å². The highest BCUT2D eigenvalue weighted by atomic mass is 35.5. The van der Waals surface area contributed by atoms with Gasteiger partial charge < -0.3 is 18.9 Å². The maximum absolute atomic E-state index is 13.9. The highest BCUT2D eigenvalue weighted by Gasteiger charge is 2.42. The van der Waals surface area contributed by atoms with E-state index in [0.29, 0.717) is 16.8 Å². The molecule has 2 aromatic rings. The van der Waals surface area contributed by atoms with Gasteiger partial charge in [0.05, 0.1) is 18.9 Å². The number of aryl methyl sites for hydroxylation is 1.